The van der Waals surface area contributed by atoms with Gasteiger partial charge in [-0.25, -0.2) is 0 Å². The van der Waals surface area contributed by atoms with E-state index in [-0.39, 0.29) is 47.6 Å². The van der Waals surface area contributed by atoms with E-state index in [1.54, 1.807) is 26.0 Å². The minimum atomic E-state index is -4.61. The van der Waals surface area contributed by atoms with Crippen LogP contribution < -0.4 is 9.47 Å². The number of Topliss-reactive ketones (excluding diaryl/α,β-unsaturated/α-hetero) is 1. The van der Waals surface area contributed by atoms with E-state index in [0.29, 0.717) is 35.2 Å². The quantitative estimate of drug-likeness (QED) is 0.306. The van der Waals surface area contributed by atoms with Gasteiger partial charge < -0.3 is 14.6 Å². The number of H-pyrrole nitrogens is 1. The zero-order valence-electron chi connectivity index (χ0n) is 19.0. The molecule has 0 fully saturated rings. The van der Waals surface area contributed by atoms with E-state index in [1.165, 1.54) is 12.1 Å². The number of halogens is 4. The number of ketones is 1. The summed E-state index contributed by atoms with van der Waals surface area (Å²) in [5.41, 5.74) is -0.594. The Labute approximate surface area is 208 Å². The van der Waals surface area contributed by atoms with E-state index in [1.807, 2.05) is 0 Å². The highest BCUT2D eigenvalue weighted by Crippen LogP contribution is 2.38. The maximum Gasteiger partial charge on any atom is 0.417 e. The van der Waals surface area contributed by atoms with Crippen molar-refractivity contribution in [3.63, 3.8) is 0 Å². The first kappa shape index (κ1) is 26.5. The van der Waals surface area contributed by atoms with Crippen molar-refractivity contribution in [2.75, 3.05) is 13.2 Å². The second kappa shape index (κ2) is 11.5. The third kappa shape index (κ3) is 6.93. The van der Waals surface area contributed by atoms with E-state index < -0.39 is 11.7 Å². The van der Waals surface area contributed by atoms with Gasteiger partial charge >= 0.3 is 6.18 Å². The lowest BCUT2D eigenvalue weighted by molar-refractivity contribution is -0.137. The molecule has 188 valence electrons. The number of phenolic OH excluding ortho intramolecular Hbond substituents is 1. The minimum absolute atomic E-state index is 0.0210. The van der Waals surface area contributed by atoms with Crippen LogP contribution in [0.4, 0.5) is 13.2 Å². The van der Waals surface area contributed by atoms with Gasteiger partial charge in [-0.1, -0.05) is 19.9 Å². The molecule has 0 bridgehead atoms. The average molecular weight is 557 g/mol. The fourth-order valence-electron chi connectivity index (χ4n) is 3.13. The summed E-state index contributed by atoms with van der Waals surface area (Å²) in [7, 11) is 0. The van der Waals surface area contributed by atoms with Crippen molar-refractivity contribution >= 4 is 21.7 Å². The van der Waals surface area contributed by atoms with Crippen LogP contribution in [0.2, 0.25) is 0 Å². The number of unbranched alkanes of at least 4 members (excludes halogenated alkanes) is 1. The standard InChI is InChI=1S/C23H24BrF3N4O4/c1-13(2)18(32)11-14-5-8-19(20(24)21(14)33)35-10-4-3-9-34-15-6-7-16(22-28-30-31-29-22)17(12-15)23(25,26)27/h5-8,12-13,33H,3-4,9-11H2,1-2H3,(H,28,29,30,31). The molecule has 0 radical (unpaired) electrons. The number of hydrogen-bond acceptors (Lipinski definition) is 7. The lowest BCUT2D eigenvalue weighted by atomic mass is 10.0. The number of aromatic amines is 1. The van der Waals surface area contributed by atoms with Crippen molar-refractivity contribution in [2.45, 2.75) is 39.3 Å². The number of carbonyl (C=O) groups is 1. The van der Waals surface area contributed by atoms with Crippen LogP contribution in [0, 0.1) is 5.92 Å². The largest absolute Gasteiger partial charge is 0.506 e. The molecule has 0 aliphatic heterocycles. The molecule has 0 aliphatic carbocycles. The SMILES string of the molecule is CC(C)C(=O)Cc1ccc(OCCCCOc2ccc(-c3nn[nH]n3)c(C(F)(F)F)c2)c(Br)c1O. The first-order chi connectivity index (χ1) is 16.6. The Balaban J connectivity index is 1.50. The van der Waals surface area contributed by atoms with Crippen LogP contribution in [0.15, 0.2) is 34.8 Å². The van der Waals surface area contributed by atoms with Crippen molar-refractivity contribution in [3.8, 4) is 28.6 Å². The summed E-state index contributed by atoms with van der Waals surface area (Å²) in [5.74, 6) is 0.200. The number of aromatic hydroxyl groups is 1. The number of nitrogens with one attached hydrogen (secondary N) is 1. The molecule has 2 aromatic carbocycles. The number of tetrazole rings is 1. The molecular formula is C23H24BrF3N4O4. The van der Waals surface area contributed by atoms with Crippen molar-refractivity contribution in [3.05, 3.63) is 45.9 Å². The van der Waals surface area contributed by atoms with Crippen LogP contribution in [0.5, 0.6) is 17.2 Å². The molecular weight excluding hydrogens is 533 g/mol. The molecule has 0 atom stereocenters. The molecule has 35 heavy (non-hydrogen) atoms. The molecule has 0 spiro atoms. The molecule has 1 heterocycles. The summed E-state index contributed by atoms with van der Waals surface area (Å²) in [6, 6.07) is 6.90. The number of carbonyl (C=O) groups excluding carboxylic acids is 1. The van der Waals surface area contributed by atoms with Gasteiger partial charge in [-0.3, -0.25) is 4.79 Å². The van der Waals surface area contributed by atoms with Crippen LogP contribution in [0.1, 0.15) is 37.8 Å². The van der Waals surface area contributed by atoms with Crippen LogP contribution >= 0.6 is 15.9 Å². The number of phenols is 1. The molecule has 3 rings (SSSR count). The smallest absolute Gasteiger partial charge is 0.417 e. The molecule has 12 heteroatoms. The predicted molar refractivity (Wildman–Crippen MR) is 124 cm³/mol. The number of alkyl halides is 3. The molecule has 0 saturated carbocycles. The highest BCUT2D eigenvalue weighted by Gasteiger charge is 2.35. The van der Waals surface area contributed by atoms with Crippen molar-refractivity contribution in [1.82, 2.24) is 20.6 Å². The molecule has 0 saturated heterocycles. The summed E-state index contributed by atoms with van der Waals surface area (Å²) in [6.07, 6.45) is -3.39. The van der Waals surface area contributed by atoms with E-state index in [9.17, 15) is 23.1 Å². The van der Waals surface area contributed by atoms with Gasteiger partial charge in [0.25, 0.3) is 0 Å². The minimum Gasteiger partial charge on any atom is -0.506 e. The lowest BCUT2D eigenvalue weighted by Gasteiger charge is -2.14. The molecule has 0 aliphatic rings. The number of rotatable bonds is 11. The van der Waals surface area contributed by atoms with Gasteiger partial charge in [-0.15, -0.1) is 10.2 Å². The summed E-state index contributed by atoms with van der Waals surface area (Å²) >= 11 is 3.30. The third-order valence-electron chi connectivity index (χ3n) is 5.12. The Hall–Kier alpha value is -3.15. The predicted octanol–water partition coefficient (Wildman–Crippen LogP) is 5.36. The van der Waals surface area contributed by atoms with Crippen molar-refractivity contribution < 1.29 is 32.5 Å². The number of aromatic nitrogens is 4. The van der Waals surface area contributed by atoms with Crippen LogP contribution in [-0.4, -0.2) is 44.7 Å². The monoisotopic (exact) mass is 556 g/mol. The molecule has 3 aromatic rings. The zero-order chi connectivity index (χ0) is 25.6. The molecule has 2 N–H and O–H groups in total. The summed E-state index contributed by atoms with van der Waals surface area (Å²) in [4.78, 5) is 11.9. The number of hydrogen-bond donors (Lipinski definition) is 2. The number of benzene rings is 2. The van der Waals surface area contributed by atoms with Gasteiger partial charge in [0.15, 0.2) is 0 Å². The Morgan fingerprint density at radius 2 is 1.86 bits per heavy atom. The van der Waals surface area contributed by atoms with E-state index >= 15 is 0 Å². The fourth-order valence-corrected chi connectivity index (χ4v) is 3.63. The Morgan fingerprint density at radius 3 is 2.49 bits per heavy atom. The van der Waals surface area contributed by atoms with E-state index in [4.69, 9.17) is 9.47 Å². The van der Waals surface area contributed by atoms with Gasteiger partial charge in [0.05, 0.1) is 18.8 Å². The molecule has 0 amide bonds. The Bertz CT molecular complexity index is 1150. The second-order valence-electron chi connectivity index (χ2n) is 8.03. The Kier molecular flexibility index (Phi) is 8.71. The summed E-state index contributed by atoms with van der Waals surface area (Å²) in [6.45, 7) is 4.09. The van der Waals surface area contributed by atoms with Gasteiger partial charge in [-0.2, -0.15) is 18.4 Å². The maximum atomic E-state index is 13.5. The maximum absolute atomic E-state index is 13.5. The highest BCUT2D eigenvalue weighted by molar-refractivity contribution is 9.10. The average Bonchev–Trinajstić information content (AvgIpc) is 3.34. The molecule has 8 nitrogen and oxygen atoms in total. The van der Waals surface area contributed by atoms with Crippen LogP contribution in [0.3, 0.4) is 0 Å². The Morgan fingerprint density at radius 1 is 1.14 bits per heavy atom. The topological polar surface area (TPSA) is 110 Å². The van der Waals surface area contributed by atoms with Crippen molar-refractivity contribution in [1.29, 1.82) is 0 Å². The van der Waals surface area contributed by atoms with Crippen molar-refractivity contribution in [2.24, 2.45) is 5.92 Å². The number of nitrogens with zero attached hydrogens (tertiary/aromatic N) is 3. The summed E-state index contributed by atoms with van der Waals surface area (Å²) < 4.78 is 51.9. The van der Waals surface area contributed by atoms with E-state index in [2.05, 4.69) is 36.6 Å². The fraction of sp³-hybridized carbons (Fsp3) is 0.391. The van der Waals surface area contributed by atoms with Crippen LogP contribution in [-0.2, 0) is 17.4 Å². The first-order valence-electron chi connectivity index (χ1n) is 10.8. The summed E-state index contributed by atoms with van der Waals surface area (Å²) in [5, 5.41) is 23.0. The first-order valence-corrected chi connectivity index (χ1v) is 11.6. The molecule has 0 unspecified atom stereocenters. The number of ether oxygens (including phenoxy) is 2. The normalized spacial score (nSPS) is 11.6. The lowest BCUT2D eigenvalue weighted by Crippen LogP contribution is -2.10. The zero-order valence-corrected chi connectivity index (χ0v) is 20.6. The van der Waals surface area contributed by atoms with E-state index in [0.717, 1.165) is 6.07 Å². The van der Waals surface area contributed by atoms with Gasteiger partial charge in [-0.05, 0) is 58.3 Å². The third-order valence-corrected chi connectivity index (χ3v) is 5.89. The van der Waals surface area contributed by atoms with Gasteiger partial charge in [0.2, 0.25) is 5.82 Å². The highest BCUT2D eigenvalue weighted by atomic mass is 79.9. The van der Waals surface area contributed by atoms with Gasteiger partial charge in [0.1, 0.15) is 27.5 Å². The second-order valence-corrected chi connectivity index (χ2v) is 8.82. The van der Waals surface area contributed by atoms with Gasteiger partial charge in [0, 0.05) is 23.5 Å². The van der Waals surface area contributed by atoms with Crippen LogP contribution in [0.25, 0.3) is 11.4 Å². The molecule has 1 aromatic heterocycles.